The number of aromatic nitrogens is 2. The van der Waals surface area contributed by atoms with Gasteiger partial charge in [-0.1, -0.05) is 12.1 Å². The van der Waals surface area contributed by atoms with Crippen molar-refractivity contribution in [2.75, 3.05) is 6.54 Å². The van der Waals surface area contributed by atoms with Gasteiger partial charge < -0.3 is 10.3 Å². The maximum atomic E-state index is 12.4. The summed E-state index contributed by atoms with van der Waals surface area (Å²) in [5.41, 5.74) is 0.580. The molecule has 1 aliphatic heterocycles. The zero-order chi connectivity index (χ0) is 12.7. The second kappa shape index (κ2) is 4.06. The van der Waals surface area contributed by atoms with E-state index in [9.17, 15) is 9.59 Å². The van der Waals surface area contributed by atoms with Crippen molar-refractivity contribution in [3.8, 4) is 0 Å². The average Bonchev–Trinajstić information content (AvgIpc) is 2.76. The highest BCUT2D eigenvalue weighted by Crippen LogP contribution is 2.16. The third-order valence-electron chi connectivity index (χ3n) is 3.16. The number of nitrogens with one attached hydrogen (secondary N) is 2. The molecule has 0 radical (unpaired) electrons. The van der Waals surface area contributed by atoms with Crippen LogP contribution in [0.1, 0.15) is 12.5 Å². The Hall–Kier alpha value is -1.95. The molecule has 1 unspecified atom stereocenters. The van der Waals surface area contributed by atoms with Gasteiger partial charge in [0.15, 0.2) is 4.77 Å². The lowest BCUT2D eigenvalue weighted by Gasteiger charge is -2.12. The highest BCUT2D eigenvalue weighted by Gasteiger charge is 2.25. The molecule has 18 heavy (non-hydrogen) atoms. The summed E-state index contributed by atoms with van der Waals surface area (Å²) >= 11 is 5.21. The van der Waals surface area contributed by atoms with Gasteiger partial charge in [0.25, 0.3) is 5.56 Å². The first kappa shape index (κ1) is 11.2. The fraction of sp³-hybridized carbons (Fsp3) is 0.250. The van der Waals surface area contributed by atoms with Crippen molar-refractivity contribution in [1.29, 1.82) is 0 Å². The maximum Gasteiger partial charge on any atom is 0.262 e. The van der Waals surface area contributed by atoms with Gasteiger partial charge in [-0.05, 0) is 24.4 Å². The Labute approximate surface area is 107 Å². The standard InChI is InChI=1S/C12H11N3O2S/c16-10-5-7(6-13-10)15-11(17)8-3-1-2-4-9(8)14-12(15)18/h1-4,7H,5-6H2,(H,13,16)(H,14,18). The third-order valence-corrected chi connectivity index (χ3v) is 3.46. The number of benzene rings is 1. The van der Waals surface area contributed by atoms with Crippen LogP contribution in [-0.2, 0) is 4.79 Å². The minimum absolute atomic E-state index is 0.0468. The van der Waals surface area contributed by atoms with E-state index >= 15 is 0 Å². The van der Waals surface area contributed by atoms with Crippen LogP contribution in [0.15, 0.2) is 29.1 Å². The van der Waals surface area contributed by atoms with Gasteiger partial charge in [0.05, 0.1) is 16.9 Å². The van der Waals surface area contributed by atoms with Crippen molar-refractivity contribution in [2.24, 2.45) is 0 Å². The van der Waals surface area contributed by atoms with Crippen LogP contribution in [0.4, 0.5) is 0 Å². The molecule has 1 amide bonds. The summed E-state index contributed by atoms with van der Waals surface area (Å²) in [5, 5.41) is 3.30. The van der Waals surface area contributed by atoms with E-state index in [0.717, 1.165) is 5.52 Å². The fourth-order valence-corrected chi connectivity index (χ4v) is 2.62. The molecule has 1 fully saturated rings. The molecule has 1 atom stereocenters. The second-order valence-corrected chi connectivity index (χ2v) is 4.70. The van der Waals surface area contributed by atoms with E-state index in [1.165, 1.54) is 4.57 Å². The lowest BCUT2D eigenvalue weighted by molar-refractivity contribution is -0.119. The van der Waals surface area contributed by atoms with Crippen molar-refractivity contribution in [2.45, 2.75) is 12.5 Å². The van der Waals surface area contributed by atoms with E-state index in [1.807, 2.05) is 18.2 Å². The number of aromatic amines is 1. The summed E-state index contributed by atoms with van der Waals surface area (Å²) in [6, 6.07) is 7.03. The molecule has 92 valence electrons. The molecule has 0 spiro atoms. The molecule has 1 aliphatic rings. The van der Waals surface area contributed by atoms with Gasteiger partial charge in [0, 0.05) is 13.0 Å². The van der Waals surface area contributed by atoms with Gasteiger partial charge in [-0.3, -0.25) is 14.2 Å². The summed E-state index contributed by atoms with van der Waals surface area (Å²) < 4.78 is 1.86. The van der Waals surface area contributed by atoms with Crippen LogP contribution in [0, 0.1) is 4.77 Å². The number of carbonyl (C=O) groups excluding carboxylic acids is 1. The Kier molecular flexibility index (Phi) is 2.52. The summed E-state index contributed by atoms with van der Waals surface area (Å²) in [5.74, 6) is -0.0468. The molecule has 3 rings (SSSR count). The quantitative estimate of drug-likeness (QED) is 0.756. The molecule has 2 N–H and O–H groups in total. The minimum Gasteiger partial charge on any atom is -0.354 e. The third kappa shape index (κ3) is 1.65. The normalized spacial score (nSPS) is 19.1. The molecule has 6 heteroatoms. The van der Waals surface area contributed by atoms with Crippen LogP contribution in [0.3, 0.4) is 0 Å². The van der Waals surface area contributed by atoms with Crippen molar-refractivity contribution >= 4 is 29.0 Å². The fourth-order valence-electron chi connectivity index (χ4n) is 2.28. The van der Waals surface area contributed by atoms with Crippen molar-refractivity contribution < 1.29 is 4.79 Å². The smallest absolute Gasteiger partial charge is 0.262 e. The van der Waals surface area contributed by atoms with Gasteiger partial charge in [-0.25, -0.2) is 0 Å². The van der Waals surface area contributed by atoms with E-state index in [2.05, 4.69) is 10.3 Å². The molecule has 1 aromatic heterocycles. The van der Waals surface area contributed by atoms with Crippen LogP contribution >= 0.6 is 12.2 Å². The Morgan fingerprint density at radius 2 is 2.06 bits per heavy atom. The first-order chi connectivity index (χ1) is 8.66. The number of amides is 1. The Morgan fingerprint density at radius 1 is 1.28 bits per heavy atom. The van der Waals surface area contributed by atoms with E-state index in [4.69, 9.17) is 12.2 Å². The topological polar surface area (TPSA) is 66.9 Å². The van der Waals surface area contributed by atoms with Crippen molar-refractivity contribution in [1.82, 2.24) is 14.9 Å². The Balaban J connectivity index is 2.27. The highest BCUT2D eigenvalue weighted by molar-refractivity contribution is 7.71. The van der Waals surface area contributed by atoms with E-state index < -0.39 is 0 Å². The van der Waals surface area contributed by atoms with Gasteiger partial charge >= 0.3 is 0 Å². The highest BCUT2D eigenvalue weighted by atomic mass is 32.1. The van der Waals surface area contributed by atoms with Crippen molar-refractivity contribution in [3.05, 3.63) is 39.4 Å². The number of carbonyl (C=O) groups is 1. The van der Waals surface area contributed by atoms with E-state index in [-0.39, 0.29) is 17.5 Å². The number of H-pyrrole nitrogens is 1. The van der Waals surface area contributed by atoms with Gasteiger partial charge in [0.1, 0.15) is 0 Å². The number of hydrogen-bond acceptors (Lipinski definition) is 3. The molecule has 0 aliphatic carbocycles. The Morgan fingerprint density at radius 3 is 2.78 bits per heavy atom. The summed E-state index contributed by atoms with van der Waals surface area (Å²) in [6.07, 6.45) is 0.301. The number of rotatable bonds is 1. The minimum atomic E-state index is -0.196. The molecular weight excluding hydrogens is 250 g/mol. The first-order valence-electron chi connectivity index (χ1n) is 5.67. The Bertz CT molecular complexity index is 747. The van der Waals surface area contributed by atoms with Crippen LogP contribution in [0.2, 0.25) is 0 Å². The lowest BCUT2D eigenvalue weighted by Crippen LogP contribution is -2.27. The van der Waals surface area contributed by atoms with Crippen LogP contribution in [-0.4, -0.2) is 22.0 Å². The van der Waals surface area contributed by atoms with Crippen molar-refractivity contribution in [3.63, 3.8) is 0 Å². The zero-order valence-corrected chi connectivity index (χ0v) is 10.3. The van der Waals surface area contributed by atoms with Gasteiger partial charge in [-0.2, -0.15) is 0 Å². The van der Waals surface area contributed by atoms with Crippen LogP contribution in [0.25, 0.3) is 10.9 Å². The SMILES string of the molecule is O=C1CC(n2c(=S)[nH]c3ccccc3c2=O)CN1. The predicted molar refractivity (Wildman–Crippen MR) is 70.1 cm³/mol. The number of hydrogen-bond donors (Lipinski definition) is 2. The molecule has 0 bridgehead atoms. The van der Waals surface area contributed by atoms with E-state index in [0.29, 0.717) is 23.1 Å². The molecule has 1 saturated heterocycles. The molecule has 5 nitrogen and oxygen atoms in total. The number of fused-ring (bicyclic) bond motifs is 1. The average molecular weight is 261 g/mol. The number of nitrogens with zero attached hydrogens (tertiary/aromatic N) is 1. The predicted octanol–water partition coefficient (Wildman–Crippen LogP) is 1.12. The van der Waals surface area contributed by atoms with Gasteiger partial charge in [-0.15, -0.1) is 0 Å². The van der Waals surface area contributed by atoms with Crippen LogP contribution in [0.5, 0.6) is 0 Å². The molecule has 1 aromatic carbocycles. The largest absolute Gasteiger partial charge is 0.354 e. The maximum absolute atomic E-state index is 12.4. The van der Waals surface area contributed by atoms with Gasteiger partial charge in [0.2, 0.25) is 5.91 Å². The zero-order valence-electron chi connectivity index (χ0n) is 9.47. The molecule has 0 saturated carbocycles. The van der Waals surface area contributed by atoms with E-state index in [1.54, 1.807) is 6.07 Å². The van der Waals surface area contributed by atoms with Crippen LogP contribution < -0.4 is 10.9 Å². The monoisotopic (exact) mass is 261 g/mol. The lowest BCUT2D eigenvalue weighted by atomic mass is 10.2. The molecular formula is C12H11N3O2S. The number of para-hydroxylation sites is 1. The second-order valence-electron chi connectivity index (χ2n) is 4.31. The molecule has 2 aromatic rings. The molecule has 2 heterocycles. The summed E-state index contributed by atoms with van der Waals surface area (Å²) in [4.78, 5) is 26.7. The summed E-state index contributed by atoms with van der Waals surface area (Å²) in [7, 11) is 0. The summed E-state index contributed by atoms with van der Waals surface area (Å²) in [6.45, 7) is 0.453. The first-order valence-corrected chi connectivity index (χ1v) is 6.08.